The molecule has 0 amide bonds. The first kappa shape index (κ1) is 9.35. The zero-order valence-corrected chi connectivity index (χ0v) is 9.53. The van der Waals surface area contributed by atoms with Gasteiger partial charge in [-0.25, -0.2) is 0 Å². The maximum Gasteiger partial charge on any atom is 0.180 e. The Hall–Kier alpha value is -1.88. The van der Waals surface area contributed by atoms with Crippen molar-refractivity contribution in [3.8, 4) is 10.7 Å². The number of nitrogens with zero attached hydrogens (tertiary/aromatic N) is 3. The zero-order chi connectivity index (χ0) is 11.1. The van der Waals surface area contributed by atoms with Gasteiger partial charge >= 0.3 is 0 Å². The molecule has 0 saturated carbocycles. The van der Waals surface area contributed by atoms with Crippen molar-refractivity contribution >= 4 is 22.7 Å². The molecule has 0 spiro atoms. The van der Waals surface area contributed by atoms with Gasteiger partial charge < -0.3 is 5.73 Å². The van der Waals surface area contributed by atoms with E-state index in [1.54, 1.807) is 11.3 Å². The Morgan fingerprint density at radius 1 is 1.31 bits per heavy atom. The predicted octanol–water partition coefficient (Wildman–Crippen LogP) is 2.35. The molecule has 3 aromatic heterocycles. The van der Waals surface area contributed by atoms with Gasteiger partial charge in [-0.05, 0) is 30.0 Å². The van der Waals surface area contributed by atoms with Crippen LogP contribution in [0.25, 0.3) is 16.3 Å². The molecule has 0 bridgehead atoms. The van der Waals surface area contributed by atoms with E-state index in [4.69, 9.17) is 5.73 Å². The van der Waals surface area contributed by atoms with E-state index < -0.39 is 0 Å². The molecule has 16 heavy (non-hydrogen) atoms. The summed E-state index contributed by atoms with van der Waals surface area (Å²) >= 11 is 1.60. The first-order valence-corrected chi connectivity index (χ1v) is 5.79. The first-order valence-electron chi connectivity index (χ1n) is 4.91. The van der Waals surface area contributed by atoms with E-state index in [0.29, 0.717) is 0 Å². The van der Waals surface area contributed by atoms with Crippen molar-refractivity contribution in [3.05, 3.63) is 35.3 Å². The molecule has 4 nitrogen and oxygen atoms in total. The first-order chi connectivity index (χ1) is 7.77. The number of aromatic nitrogens is 3. The molecule has 0 aliphatic heterocycles. The van der Waals surface area contributed by atoms with Crippen molar-refractivity contribution in [3.63, 3.8) is 0 Å². The van der Waals surface area contributed by atoms with E-state index >= 15 is 0 Å². The minimum atomic E-state index is 0.795. The van der Waals surface area contributed by atoms with Crippen molar-refractivity contribution in [1.82, 2.24) is 14.6 Å². The third-order valence-corrected chi connectivity index (χ3v) is 3.65. The van der Waals surface area contributed by atoms with Crippen LogP contribution in [0.3, 0.4) is 0 Å². The highest BCUT2D eigenvalue weighted by molar-refractivity contribution is 7.14. The molecule has 80 valence electrons. The van der Waals surface area contributed by atoms with E-state index in [-0.39, 0.29) is 0 Å². The molecular formula is C11H10N4S. The monoisotopic (exact) mass is 230 g/mol. The van der Waals surface area contributed by atoms with Crippen LogP contribution in [0.1, 0.15) is 5.56 Å². The summed E-state index contributed by atoms with van der Waals surface area (Å²) in [7, 11) is 0. The second kappa shape index (κ2) is 3.31. The molecule has 0 aromatic carbocycles. The molecule has 0 unspecified atom stereocenters. The van der Waals surface area contributed by atoms with Crippen molar-refractivity contribution in [2.45, 2.75) is 6.92 Å². The fourth-order valence-corrected chi connectivity index (χ4v) is 2.58. The van der Waals surface area contributed by atoms with Gasteiger partial charge in [0.25, 0.3) is 0 Å². The van der Waals surface area contributed by atoms with Gasteiger partial charge in [0.2, 0.25) is 0 Å². The SMILES string of the molecule is Cc1csc(-c2nnc3ccccn23)c1N. The van der Waals surface area contributed by atoms with Crippen LogP contribution in [0.4, 0.5) is 5.69 Å². The Labute approximate surface area is 96.4 Å². The minimum absolute atomic E-state index is 0.795. The van der Waals surface area contributed by atoms with E-state index in [9.17, 15) is 0 Å². The Kier molecular flexibility index (Phi) is 1.94. The van der Waals surface area contributed by atoms with Gasteiger partial charge in [-0.3, -0.25) is 4.40 Å². The third-order valence-electron chi connectivity index (χ3n) is 2.54. The summed E-state index contributed by atoms with van der Waals surface area (Å²) in [6.45, 7) is 2.00. The fourth-order valence-electron chi connectivity index (χ4n) is 1.62. The van der Waals surface area contributed by atoms with Gasteiger partial charge in [0, 0.05) is 6.20 Å². The average Bonchev–Trinajstić information content (AvgIpc) is 2.85. The van der Waals surface area contributed by atoms with Crippen LogP contribution < -0.4 is 5.73 Å². The maximum absolute atomic E-state index is 6.01. The summed E-state index contributed by atoms with van der Waals surface area (Å²) in [6.07, 6.45) is 1.94. The molecule has 0 aliphatic rings. The number of nitrogens with two attached hydrogens (primary N) is 1. The molecule has 0 atom stereocenters. The van der Waals surface area contributed by atoms with Crippen LogP contribution in [-0.2, 0) is 0 Å². The highest BCUT2D eigenvalue weighted by Gasteiger charge is 2.13. The molecule has 3 aromatic rings. The molecule has 0 saturated heterocycles. The lowest BCUT2D eigenvalue weighted by Crippen LogP contribution is -1.91. The third kappa shape index (κ3) is 1.22. The highest BCUT2D eigenvalue weighted by Crippen LogP contribution is 2.33. The summed E-state index contributed by atoms with van der Waals surface area (Å²) < 4.78 is 1.95. The standard InChI is InChI=1S/C11H10N4S/c1-7-6-16-10(9(7)12)11-14-13-8-4-2-3-5-15(8)11/h2-6H,12H2,1H3. The van der Waals surface area contributed by atoms with Gasteiger partial charge in [0.15, 0.2) is 11.5 Å². The van der Waals surface area contributed by atoms with Crippen LogP contribution in [0.5, 0.6) is 0 Å². The lowest BCUT2D eigenvalue weighted by Gasteiger charge is -1.98. The highest BCUT2D eigenvalue weighted by atomic mass is 32.1. The summed E-state index contributed by atoms with van der Waals surface area (Å²) in [5.41, 5.74) is 8.74. The van der Waals surface area contributed by atoms with Crippen molar-refractivity contribution < 1.29 is 0 Å². The van der Waals surface area contributed by atoms with Crippen LogP contribution in [0.15, 0.2) is 29.8 Å². The smallest absolute Gasteiger partial charge is 0.180 e. The predicted molar refractivity (Wildman–Crippen MR) is 65.4 cm³/mol. The lowest BCUT2D eigenvalue weighted by atomic mass is 10.3. The van der Waals surface area contributed by atoms with Crippen LogP contribution in [0, 0.1) is 6.92 Å². The van der Waals surface area contributed by atoms with E-state index in [0.717, 1.165) is 27.6 Å². The second-order valence-corrected chi connectivity index (χ2v) is 4.49. The molecule has 2 N–H and O–H groups in total. The number of pyridine rings is 1. The Balaban J connectivity index is 2.30. The molecule has 5 heteroatoms. The fraction of sp³-hybridized carbons (Fsp3) is 0.0909. The number of hydrogen-bond donors (Lipinski definition) is 1. The van der Waals surface area contributed by atoms with Gasteiger partial charge in [-0.2, -0.15) is 0 Å². The van der Waals surface area contributed by atoms with Gasteiger partial charge in [0.05, 0.1) is 10.6 Å². The lowest BCUT2D eigenvalue weighted by molar-refractivity contribution is 1.12. The second-order valence-electron chi connectivity index (χ2n) is 3.61. The zero-order valence-electron chi connectivity index (χ0n) is 8.71. The Bertz CT molecular complexity index is 653. The summed E-state index contributed by atoms with van der Waals surface area (Å²) in [5.74, 6) is 0.811. The van der Waals surface area contributed by atoms with Crippen LogP contribution in [0.2, 0.25) is 0 Å². The summed E-state index contributed by atoms with van der Waals surface area (Å²) in [6, 6.07) is 5.82. The van der Waals surface area contributed by atoms with E-state index in [1.165, 1.54) is 0 Å². The molecule has 3 rings (SSSR count). The molecule has 0 radical (unpaired) electrons. The number of anilines is 1. The quantitative estimate of drug-likeness (QED) is 0.698. The van der Waals surface area contributed by atoms with Gasteiger partial charge in [-0.15, -0.1) is 21.5 Å². The van der Waals surface area contributed by atoms with Crippen LogP contribution in [-0.4, -0.2) is 14.6 Å². The van der Waals surface area contributed by atoms with E-state index in [2.05, 4.69) is 10.2 Å². The maximum atomic E-state index is 6.01. The normalized spacial score (nSPS) is 11.1. The number of aryl methyl sites for hydroxylation is 1. The van der Waals surface area contributed by atoms with Crippen molar-refractivity contribution in [1.29, 1.82) is 0 Å². The largest absolute Gasteiger partial charge is 0.397 e. The van der Waals surface area contributed by atoms with Gasteiger partial charge in [-0.1, -0.05) is 6.07 Å². The molecule has 0 aliphatic carbocycles. The molecular weight excluding hydrogens is 220 g/mol. The topological polar surface area (TPSA) is 56.2 Å². The van der Waals surface area contributed by atoms with Crippen molar-refractivity contribution in [2.24, 2.45) is 0 Å². The van der Waals surface area contributed by atoms with E-state index in [1.807, 2.05) is 41.1 Å². The number of rotatable bonds is 1. The van der Waals surface area contributed by atoms with Crippen LogP contribution >= 0.6 is 11.3 Å². The number of hydrogen-bond acceptors (Lipinski definition) is 4. The van der Waals surface area contributed by atoms with Gasteiger partial charge in [0.1, 0.15) is 0 Å². The number of thiophene rings is 1. The Morgan fingerprint density at radius 3 is 2.94 bits per heavy atom. The average molecular weight is 230 g/mol. The summed E-state index contributed by atoms with van der Waals surface area (Å²) in [5, 5.41) is 10.3. The number of fused-ring (bicyclic) bond motifs is 1. The molecule has 3 heterocycles. The minimum Gasteiger partial charge on any atom is -0.397 e. The summed E-state index contributed by atoms with van der Waals surface area (Å²) in [4.78, 5) is 0.983. The van der Waals surface area contributed by atoms with Crippen molar-refractivity contribution in [2.75, 3.05) is 5.73 Å². The molecule has 0 fully saturated rings. The Morgan fingerprint density at radius 2 is 2.19 bits per heavy atom. The number of nitrogen functional groups attached to an aromatic ring is 1.